The molecule has 3 N–H and O–H groups in total. The number of nitrogen functional groups attached to an aromatic ring is 1. The molecular formula is C14H16N4O2. The Kier molecular flexibility index (Phi) is 4.14. The van der Waals surface area contributed by atoms with Crippen molar-refractivity contribution in [2.45, 2.75) is 13.0 Å². The van der Waals surface area contributed by atoms with Crippen molar-refractivity contribution in [1.82, 2.24) is 9.97 Å². The Morgan fingerprint density at radius 1 is 1.30 bits per heavy atom. The lowest BCUT2D eigenvalue weighted by atomic mass is 10.1. The molecule has 1 aromatic heterocycles. The average Bonchev–Trinajstić information content (AvgIpc) is 2.44. The van der Waals surface area contributed by atoms with Gasteiger partial charge in [0, 0.05) is 6.07 Å². The summed E-state index contributed by atoms with van der Waals surface area (Å²) in [5.41, 5.74) is 6.46. The molecule has 1 heterocycles. The van der Waals surface area contributed by atoms with E-state index in [0.29, 0.717) is 17.5 Å². The van der Waals surface area contributed by atoms with Crippen LogP contribution in [0.15, 0.2) is 36.4 Å². The summed E-state index contributed by atoms with van der Waals surface area (Å²) in [4.78, 5) is 20.1. The maximum atomic E-state index is 11.9. The summed E-state index contributed by atoms with van der Waals surface area (Å²) in [6.45, 7) is 1.73. The first-order valence-corrected chi connectivity index (χ1v) is 6.10. The first kappa shape index (κ1) is 13.8. The number of aryl methyl sites for hydroxylation is 1. The number of hydrogen-bond donors (Lipinski definition) is 2. The number of benzene rings is 1. The first-order valence-electron chi connectivity index (χ1n) is 6.10. The van der Waals surface area contributed by atoms with Crippen LogP contribution in [0.2, 0.25) is 0 Å². The van der Waals surface area contributed by atoms with Crippen molar-refractivity contribution in [3.63, 3.8) is 0 Å². The molecule has 2 aromatic rings. The van der Waals surface area contributed by atoms with Gasteiger partial charge in [0.2, 0.25) is 0 Å². The largest absolute Gasteiger partial charge is 0.467 e. The van der Waals surface area contributed by atoms with E-state index >= 15 is 0 Å². The SMILES string of the molecule is COC(=O)C(Nc1cc(N)nc(C)n1)c1ccccc1. The average molecular weight is 272 g/mol. The van der Waals surface area contributed by atoms with Gasteiger partial charge in [-0.25, -0.2) is 14.8 Å². The number of hydrogen-bond acceptors (Lipinski definition) is 6. The van der Waals surface area contributed by atoms with Crippen LogP contribution in [0.4, 0.5) is 11.6 Å². The minimum atomic E-state index is -0.644. The molecule has 1 atom stereocenters. The molecule has 0 bridgehead atoms. The molecule has 0 aliphatic heterocycles. The lowest BCUT2D eigenvalue weighted by Crippen LogP contribution is -2.23. The number of ether oxygens (including phenoxy) is 1. The summed E-state index contributed by atoms with van der Waals surface area (Å²) in [5.74, 6) is 0.959. The topological polar surface area (TPSA) is 90.1 Å². The molecule has 6 heteroatoms. The minimum absolute atomic E-state index is 0.344. The standard InChI is InChI=1S/C14H16N4O2/c1-9-16-11(15)8-12(17-9)18-13(14(19)20-2)10-6-4-3-5-7-10/h3-8,13H,1-2H3,(H3,15,16,17,18). The van der Waals surface area contributed by atoms with E-state index in [-0.39, 0.29) is 0 Å². The van der Waals surface area contributed by atoms with Gasteiger partial charge in [0.05, 0.1) is 7.11 Å². The molecule has 1 unspecified atom stereocenters. The third kappa shape index (κ3) is 3.23. The van der Waals surface area contributed by atoms with Gasteiger partial charge in [-0.1, -0.05) is 30.3 Å². The van der Waals surface area contributed by atoms with Crippen LogP contribution in [-0.4, -0.2) is 23.0 Å². The molecule has 20 heavy (non-hydrogen) atoms. The number of nitrogens with zero attached hydrogens (tertiary/aromatic N) is 2. The summed E-state index contributed by atoms with van der Waals surface area (Å²) in [7, 11) is 1.35. The molecular weight excluding hydrogens is 256 g/mol. The lowest BCUT2D eigenvalue weighted by molar-refractivity contribution is -0.141. The lowest BCUT2D eigenvalue weighted by Gasteiger charge is -2.17. The zero-order chi connectivity index (χ0) is 14.5. The molecule has 0 radical (unpaired) electrons. The van der Waals surface area contributed by atoms with Crippen LogP contribution in [0.5, 0.6) is 0 Å². The van der Waals surface area contributed by atoms with Gasteiger partial charge in [-0.3, -0.25) is 0 Å². The van der Waals surface area contributed by atoms with Crippen LogP contribution in [0.1, 0.15) is 17.4 Å². The second-order valence-corrected chi connectivity index (χ2v) is 4.24. The van der Waals surface area contributed by atoms with Crippen molar-refractivity contribution in [2.24, 2.45) is 0 Å². The quantitative estimate of drug-likeness (QED) is 0.823. The normalized spacial score (nSPS) is 11.7. The van der Waals surface area contributed by atoms with E-state index in [1.165, 1.54) is 7.11 Å². The van der Waals surface area contributed by atoms with E-state index < -0.39 is 12.0 Å². The highest BCUT2D eigenvalue weighted by atomic mass is 16.5. The molecule has 0 aliphatic rings. The number of carbonyl (C=O) groups excluding carboxylic acids is 1. The molecule has 0 fully saturated rings. The van der Waals surface area contributed by atoms with E-state index in [1.807, 2.05) is 30.3 Å². The molecule has 0 spiro atoms. The first-order chi connectivity index (χ1) is 9.60. The molecule has 0 saturated heterocycles. The van der Waals surface area contributed by atoms with Crippen molar-refractivity contribution < 1.29 is 9.53 Å². The Bertz CT molecular complexity index is 581. The van der Waals surface area contributed by atoms with E-state index in [9.17, 15) is 4.79 Å². The molecule has 1 aromatic carbocycles. The Balaban J connectivity index is 2.31. The summed E-state index contributed by atoms with van der Waals surface area (Å²) >= 11 is 0. The predicted octanol–water partition coefficient (Wildman–Crippen LogP) is 1.69. The molecule has 6 nitrogen and oxygen atoms in total. The number of esters is 1. The number of carbonyl (C=O) groups is 1. The Labute approximate surface area is 117 Å². The molecule has 0 amide bonds. The zero-order valence-corrected chi connectivity index (χ0v) is 11.3. The highest BCUT2D eigenvalue weighted by molar-refractivity contribution is 5.80. The van der Waals surface area contributed by atoms with Crippen molar-refractivity contribution in [3.05, 3.63) is 47.8 Å². The van der Waals surface area contributed by atoms with E-state index in [1.54, 1.807) is 13.0 Å². The van der Waals surface area contributed by atoms with Gasteiger partial charge in [0.25, 0.3) is 0 Å². The van der Waals surface area contributed by atoms with E-state index in [4.69, 9.17) is 10.5 Å². The van der Waals surface area contributed by atoms with Gasteiger partial charge in [-0.2, -0.15) is 0 Å². The van der Waals surface area contributed by atoms with Crippen molar-refractivity contribution in [1.29, 1.82) is 0 Å². The van der Waals surface area contributed by atoms with Crippen LogP contribution < -0.4 is 11.1 Å². The van der Waals surface area contributed by atoms with Gasteiger partial charge in [-0.15, -0.1) is 0 Å². The maximum Gasteiger partial charge on any atom is 0.333 e. The fourth-order valence-electron chi connectivity index (χ4n) is 1.85. The highest BCUT2D eigenvalue weighted by Crippen LogP contribution is 2.20. The molecule has 104 valence electrons. The predicted molar refractivity (Wildman–Crippen MR) is 76.0 cm³/mol. The number of anilines is 2. The Morgan fingerprint density at radius 3 is 2.60 bits per heavy atom. The number of aromatic nitrogens is 2. The summed E-state index contributed by atoms with van der Waals surface area (Å²) in [5, 5.41) is 3.02. The van der Waals surface area contributed by atoms with Gasteiger partial charge in [-0.05, 0) is 12.5 Å². The van der Waals surface area contributed by atoms with Gasteiger partial charge < -0.3 is 15.8 Å². The second kappa shape index (κ2) is 6.01. The van der Waals surface area contributed by atoms with Crippen molar-refractivity contribution in [3.8, 4) is 0 Å². The third-order valence-electron chi connectivity index (χ3n) is 2.72. The highest BCUT2D eigenvalue weighted by Gasteiger charge is 2.21. The van der Waals surface area contributed by atoms with Crippen molar-refractivity contribution >= 4 is 17.6 Å². The minimum Gasteiger partial charge on any atom is -0.467 e. The molecule has 0 aliphatic carbocycles. The molecule has 0 saturated carbocycles. The smallest absolute Gasteiger partial charge is 0.333 e. The third-order valence-corrected chi connectivity index (χ3v) is 2.72. The van der Waals surface area contributed by atoms with Crippen LogP contribution >= 0.6 is 0 Å². The zero-order valence-electron chi connectivity index (χ0n) is 11.3. The monoisotopic (exact) mass is 272 g/mol. The number of nitrogens with two attached hydrogens (primary N) is 1. The summed E-state index contributed by atoms with van der Waals surface area (Å²) in [6.07, 6.45) is 0. The Morgan fingerprint density at radius 2 is 2.00 bits per heavy atom. The van der Waals surface area contributed by atoms with Crippen LogP contribution in [-0.2, 0) is 9.53 Å². The summed E-state index contributed by atoms with van der Waals surface area (Å²) < 4.78 is 4.82. The van der Waals surface area contributed by atoms with Crippen LogP contribution in [0.25, 0.3) is 0 Å². The number of methoxy groups -OCH3 is 1. The maximum absolute atomic E-state index is 11.9. The second-order valence-electron chi connectivity index (χ2n) is 4.24. The number of rotatable bonds is 4. The van der Waals surface area contributed by atoms with Crippen LogP contribution in [0.3, 0.4) is 0 Å². The fourth-order valence-corrected chi connectivity index (χ4v) is 1.85. The van der Waals surface area contributed by atoms with Gasteiger partial charge in [0.1, 0.15) is 17.5 Å². The number of nitrogens with one attached hydrogen (secondary N) is 1. The van der Waals surface area contributed by atoms with Gasteiger partial charge >= 0.3 is 5.97 Å². The van der Waals surface area contributed by atoms with E-state index in [2.05, 4.69) is 15.3 Å². The fraction of sp³-hybridized carbons (Fsp3) is 0.214. The van der Waals surface area contributed by atoms with E-state index in [0.717, 1.165) is 5.56 Å². The van der Waals surface area contributed by atoms with Crippen molar-refractivity contribution in [2.75, 3.05) is 18.2 Å². The van der Waals surface area contributed by atoms with Crippen LogP contribution in [0, 0.1) is 6.92 Å². The molecule has 2 rings (SSSR count). The Hall–Kier alpha value is -2.63. The summed E-state index contributed by atoms with van der Waals surface area (Å²) in [6, 6.07) is 10.2. The van der Waals surface area contributed by atoms with Gasteiger partial charge in [0.15, 0.2) is 6.04 Å².